The number of hydrogen-bond donors (Lipinski definition) is 0. The lowest BCUT2D eigenvalue weighted by molar-refractivity contribution is 0.269. The van der Waals surface area contributed by atoms with E-state index in [0.29, 0.717) is 11.9 Å². The second kappa shape index (κ2) is 5.96. The molecule has 0 heterocycles. The van der Waals surface area contributed by atoms with E-state index < -0.39 is 7.37 Å². The maximum Gasteiger partial charge on any atom is 0.273 e. The van der Waals surface area contributed by atoms with Crippen molar-refractivity contribution in [2.45, 2.75) is 6.92 Å². The lowest BCUT2D eigenvalue weighted by atomic mass is 10.4. The van der Waals surface area contributed by atoms with Crippen molar-refractivity contribution in [1.29, 1.82) is 0 Å². The van der Waals surface area contributed by atoms with Crippen LogP contribution in [0.1, 0.15) is 6.92 Å². The fraction of sp³-hybridized carbons (Fsp3) is 0.200. The number of benzene rings is 1. The molecule has 0 saturated carbocycles. The zero-order valence-corrected chi connectivity index (χ0v) is 9.95. The zero-order valence-electron chi connectivity index (χ0n) is 8.30. The predicted octanol–water partition coefficient (Wildman–Crippen LogP) is 3.27. The Bertz CT molecular complexity index is 364. The molecule has 0 aliphatic heterocycles. The summed E-state index contributed by atoms with van der Waals surface area (Å²) in [6, 6.07) is 8.76. The van der Waals surface area contributed by atoms with Crippen molar-refractivity contribution in [2.24, 2.45) is 0 Å². The monoisotopic (exact) mass is 246 g/mol. The van der Waals surface area contributed by atoms with E-state index in [1.165, 1.54) is 12.1 Å². The lowest BCUT2D eigenvalue weighted by Crippen LogP contribution is -2.01. The molecule has 0 aromatic heterocycles. The Kier molecular flexibility index (Phi) is 4.89. The summed E-state index contributed by atoms with van der Waals surface area (Å²) in [5.41, 5.74) is 0. The summed E-state index contributed by atoms with van der Waals surface area (Å²) in [5.74, 6) is 1.35. The summed E-state index contributed by atoms with van der Waals surface area (Å²) in [6.45, 7) is 2.34. The molecule has 0 fully saturated rings. The van der Waals surface area contributed by atoms with Crippen LogP contribution in [0.25, 0.3) is 0 Å². The number of rotatable bonds is 5. The van der Waals surface area contributed by atoms with Crippen molar-refractivity contribution in [3.05, 3.63) is 42.4 Å². The fourth-order valence-electron chi connectivity index (χ4n) is 1.00. The summed E-state index contributed by atoms with van der Waals surface area (Å²) in [5, 5.41) is 0.538. The molecule has 0 saturated heterocycles. The Labute approximate surface area is 94.3 Å². The van der Waals surface area contributed by atoms with Gasteiger partial charge in [-0.15, -0.1) is 0 Å². The van der Waals surface area contributed by atoms with E-state index in [2.05, 4.69) is 4.08 Å². The Morgan fingerprint density at radius 1 is 1.40 bits per heavy atom. The average molecular weight is 247 g/mol. The van der Waals surface area contributed by atoms with Crippen molar-refractivity contribution < 1.29 is 13.4 Å². The number of halogens is 1. The third kappa shape index (κ3) is 3.38. The fourth-order valence-corrected chi connectivity index (χ4v) is 2.51. The third-order valence-electron chi connectivity index (χ3n) is 1.74. The number of hydrogen-bond acceptors (Lipinski definition) is 3. The van der Waals surface area contributed by atoms with E-state index in [0.717, 1.165) is 0 Å². The topological polar surface area (TPSA) is 35.5 Å². The largest absolute Gasteiger partial charge is 0.501 e. The Balaban J connectivity index is 2.91. The molecule has 15 heavy (non-hydrogen) atoms. The van der Waals surface area contributed by atoms with E-state index in [-0.39, 0.29) is 0 Å². The highest BCUT2D eigenvalue weighted by molar-refractivity contribution is 7.70. The minimum absolute atomic E-state index is 0.508. The maximum absolute atomic E-state index is 12.1. The molecule has 0 radical (unpaired) electrons. The van der Waals surface area contributed by atoms with Crippen LogP contribution in [-0.2, 0) is 13.4 Å². The first-order chi connectivity index (χ1) is 7.23. The Morgan fingerprint density at radius 2 is 2.07 bits per heavy atom. The van der Waals surface area contributed by atoms with Crippen LogP contribution >= 0.6 is 19.2 Å². The quantitative estimate of drug-likeness (QED) is 0.591. The molecular weight excluding hydrogens is 235 g/mol. The molecule has 0 bridgehead atoms. The van der Waals surface area contributed by atoms with Crippen LogP contribution in [0.4, 0.5) is 0 Å². The molecule has 82 valence electrons. The standard InChI is InChI=1S/C10H12ClO3P/c1-2-13-8-9-15(12,14-11)10-6-4-3-5-7-10/h3-9H,2H2,1H3/b9-8+. The van der Waals surface area contributed by atoms with Crippen LogP contribution < -0.4 is 5.30 Å². The first-order valence-electron chi connectivity index (χ1n) is 4.48. The minimum atomic E-state index is -3.12. The summed E-state index contributed by atoms with van der Waals surface area (Å²) in [4.78, 5) is 0. The maximum atomic E-state index is 12.1. The van der Waals surface area contributed by atoms with E-state index in [9.17, 15) is 4.57 Å². The highest BCUT2D eigenvalue weighted by Crippen LogP contribution is 2.48. The van der Waals surface area contributed by atoms with Gasteiger partial charge in [-0.05, 0) is 19.1 Å². The molecule has 5 heteroatoms. The van der Waals surface area contributed by atoms with E-state index in [1.54, 1.807) is 24.3 Å². The van der Waals surface area contributed by atoms with Crippen molar-refractivity contribution in [1.82, 2.24) is 0 Å². The van der Waals surface area contributed by atoms with Crippen molar-refractivity contribution in [2.75, 3.05) is 6.61 Å². The molecule has 1 aromatic carbocycles. The van der Waals surface area contributed by atoms with Gasteiger partial charge in [0.05, 0.1) is 24.7 Å². The Hall–Kier alpha value is -0.760. The van der Waals surface area contributed by atoms with Gasteiger partial charge >= 0.3 is 0 Å². The van der Waals surface area contributed by atoms with Gasteiger partial charge in [-0.3, -0.25) is 4.57 Å². The smallest absolute Gasteiger partial charge is 0.273 e. The SMILES string of the molecule is CCO/C=C/P(=O)(OCl)c1ccccc1. The van der Waals surface area contributed by atoms with Gasteiger partial charge in [-0.25, -0.2) is 4.08 Å². The highest BCUT2D eigenvalue weighted by Gasteiger charge is 2.22. The molecule has 0 spiro atoms. The van der Waals surface area contributed by atoms with Gasteiger partial charge < -0.3 is 4.74 Å². The van der Waals surface area contributed by atoms with Crippen LogP contribution in [0, 0.1) is 0 Å². The second-order valence-corrected chi connectivity index (χ2v) is 5.30. The minimum Gasteiger partial charge on any atom is -0.501 e. The molecular formula is C10H12ClO3P. The third-order valence-corrected chi connectivity index (χ3v) is 4.09. The molecule has 0 N–H and O–H groups in total. The normalized spacial score (nSPS) is 15.1. The molecule has 1 aromatic rings. The molecule has 1 rings (SSSR count). The van der Waals surface area contributed by atoms with Crippen molar-refractivity contribution in [3.8, 4) is 0 Å². The van der Waals surface area contributed by atoms with E-state index in [1.807, 2.05) is 13.0 Å². The highest BCUT2D eigenvalue weighted by atomic mass is 35.5. The van der Waals surface area contributed by atoms with Gasteiger partial charge in [-0.2, -0.15) is 0 Å². The van der Waals surface area contributed by atoms with Gasteiger partial charge in [-0.1, -0.05) is 18.2 Å². The zero-order chi connectivity index (χ0) is 11.1. The summed E-state index contributed by atoms with van der Waals surface area (Å²) in [7, 11) is -3.12. The summed E-state index contributed by atoms with van der Waals surface area (Å²) < 4.78 is 21.6. The van der Waals surface area contributed by atoms with Gasteiger partial charge in [0, 0.05) is 11.1 Å². The molecule has 1 unspecified atom stereocenters. The molecule has 0 aliphatic carbocycles. The molecule has 3 nitrogen and oxygen atoms in total. The van der Waals surface area contributed by atoms with Crippen LogP contribution in [0.15, 0.2) is 42.4 Å². The predicted molar refractivity (Wildman–Crippen MR) is 61.4 cm³/mol. The van der Waals surface area contributed by atoms with Crippen LogP contribution in [0.3, 0.4) is 0 Å². The van der Waals surface area contributed by atoms with Crippen LogP contribution in [0.2, 0.25) is 0 Å². The molecule has 0 aliphatic rings. The van der Waals surface area contributed by atoms with Gasteiger partial charge in [0.25, 0.3) is 7.37 Å². The lowest BCUT2D eigenvalue weighted by Gasteiger charge is -2.09. The summed E-state index contributed by atoms with van der Waals surface area (Å²) in [6.07, 6.45) is 1.34. The second-order valence-electron chi connectivity index (χ2n) is 2.74. The van der Waals surface area contributed by atoms with E-state index in [4.69, 9.17) is 16.6 Å². The summed E-state index contributed by atoms with van der Waals surface area (Å²) >= 11 is 5.25. The van der Waals surface area contributed by atoms with Gasteiger partial charge in [0.1, 0.15) is 0 Å². The molecule has 1 atom stereocenters. The Morgan fingerprint density at radius 3 is 2.60 bits per heavy atom. The van der Waals surface area contributed by atoms with Crippen LogP contribution in [-0.4, -0.2) is 6.61 Å². The van der Waals surface area contributed by atoms with E-state index >= 15 is 0 Å². The van der Waals surface area contributed by atoms with Crippen LogP contribution in [0.5, 0.6) is 0 Å². The first kappa shape index (κ1) is 12.3. The molecule has 0 amide bonds. The van der Waals surface area contributed by atoms with Gasteiger partial charge in [0.15, 0.2) is 0 Å². The first-order valence-corrected chi connectivity index (χ1v) is 6.48. The van der Waals surface area contributed by atoms with Crippen molar-refractivity contribution in [3.63, 3.8) is 0 Å². The average Bonchev–Trinajstić information content (AvgIpc) is 2.30. The van der Waals surface area contributed by atoms with Crippen molar-refractivity contribution >= 4 is 24.5 Å². The van der Waals surface area contributed by atoms with Gasteiger partial charge in [0.2, 0.25) is 0 Å². The number of ether oxygens (including phenoxy) is 1.